The highest BCUT2D eigenvalue weighted by atomic mass is 16.2. The minimum Gasteiger partial charge on any atom is -0.368 e. The molecular formula is C21H24N4O2. The minimum absolute atomic E-state index is 0.0557. The van der Waals surface area contributed by atoms with Crippen molar-refractivity contribution in [1.29, 1.82) is 0 Å². The van der Waals surface area contributed by atoms with E-state index in [1.165, 1.54) is 5.69 Å². The lowest BCUT2D eigenvalue weighted by atomic mass is 10.1. The van der Waals surface area contributed by atoms with Gasteiger partial charge >= 0.3 is 0 Å². The summed E-state index contributed by atoms with van der Waals surface area (Å²) in [4.78, 5) is 35.3. The molecular weight excluding hydrogens is 340 g/mol. The molecule has 1 atom stereocenters. The summed E-state index contributed by atoms with van der Waals surface area (Å²) in [5, 5.41) is 0. The maximum atomic E-state index is 12.9. The molecule has 4 rings (SSSR count). The number of anilines is 1. The number of carbonyl (C=O) groups excluding carboxylic acids is 2. The number of benzene rings is 1. The van der Waals surface area contributed by atoms with E-state index in [1.54, 1.807) is 17.3 Å². The predicted molar refractivity (Wildman–Crippen MR) is 103 cm³/mol. The fourth-order valence-corrected chi connectivity index (χ4v) is 3.88. The van der Waals surface area contributed by atoms with E-state index in [0.717, 1.165) is 18.7 Å². The minimum atomic E-state index is -0.225. The van der Waals surface area contributed by atoms with Gasteiger partial charge in [-0.2, -0.15) is 0 Å². The molecule has 2 fully saturated rings. The average Bonchev–Trinajstić information content (AvgIpc) is 3.09. The molecule has 0 saturated carbocycles. The summed E-state index contributed by atoms with van der Waals surface area (Å²) in [5.41, 5.74) is 2.19. The summed E-state index contributed by atoms with van der Waals surface area (Å²) >= 11 is 0. The van der Waals surface area contributed by atoms with Crippen LogP contribution in [-0.4, -0.2) is 59.3 Å². The Morgan fingerprint density at radius 1 is 1.04 bits per heavy atom. The first-order chi connectivity index (χ1) is 13.2. The number of nitrogens with zero attached hydrogens (tertiary/aromatic N) is 4. The first kappa shape index (κ1) is 17.5. The number of piperazine rings is 1. The van der Waals surface area contributed by atoms with Gasteiger partial charge in [0.25, 0.3) is 0 Å². The lowest BCUT2D eigenvalue weighted by Crippen LogP contribution is -2.50. The number of carbonyl (C=O) groups is 2. The summed E-state index contributed by atoms with van der Waals surface area (Å²) in [6, 6.07) is 14.1. The van der Waals surface area contributed by atoms with Gasteiger partial charge < -0.3 is 14.7 Å². The topological polar surface area (TPSA) is 56.8 Å². The normalized spacial score (nSPS) is 20.2. The van der Waals surface area contributed by atoms with Gasteiger partial charge in [0.05, 0.1) is 5.92 Å². The van der Waals surface area contributed by atoms with Crippen molar-refractivity contribution in [2.75, 3.05) is 37.6 Å². The molecule has 3 heterocycles. The Bertz CT molecular complexity index is 788. The van der Waals surface area contributed by atoms with Crippen molar-refractivity contribution in [2.24, 2.45) is 5.92 Å². The molecule has 0 bridgehead atoms. The summed E-state index contributed by atoms with van der Waals surface area (Å²) in [7, 11) is 0. The Hall–Kier alpha value is -2.89. The van der Waals surface area contributed by atoms with E-state index < -0.39 is 0 Å². The van der Waals surface area contributed by atoms with Gasteiger partial charge in [-0.05, 0) is 23.8 Å². The second-order valence-corrected chi connectivity index (χ2v) is 7.18. The van der Waals surface area contributed by atoms with Gasteiger partial charge in [0.15, 0.2) is 0 Å². The fourth-order valence-electron chi connectivity index (χ4n) is 3.88. The molecule has 2 aliphatic rings. The van der Waals surface area contributed by atoms with E-state index in [0.29, 0.717) is 32.6 Å². The molecule has 2 aromatic rings. The largest absolute Gasteiger partial charge is 0.368 e. The van der Waals surface area contributed by atoms with Crippen LogP contribution in [0.2, 0.25) is 0 Å². The summed E-state index contributed by atoms with van der Waals surface area (Å²) in [5.74, 6) is -0.0534. The zero-order chi connectivity index (χ0) is 18.6. The highest BCUT2D eigenvalue weighted by molar-refractivity contribution is 5.89. The van der Waals surface area contributed by atoms with Crippen LogP contribution in [0, 0.1) is 5.92 Å². The van der Waals surface area contributed by atoms with E-state index in [-0.39, 0.29) is 17.7 Å². The Kier molecular flexibility index (Phi) is 5.05. The lowest BCUT2D eigenvalue weighted by molar-refractivity contribution is -0.136. The second-order valence-electron chi connectivity index (χ2n) is 7.18. The molecule has 2 aliphatic heterocycles. The van der Waals surface area contributed by atoms with Gasteiger partial charge in [0.1, 0.15) is 0 Å². The number of para-hydroxylation sites is 1. The molecule has 6 nitrogen and oxygen atoms in total. The maximum absolute atomic E-state index is 12.9. The first-order valence-corrected chi connectivity index (χ1v) is 9.46. The lowest BCUT2D eigenvalue weighted by Gasteiger charge is -2.37. The quantitative estimate of drug-likeness (QED) is 0.830. The molecule has 1 aromatic heterocycles. The highest BCUT2D eigenvalue weighted by Crippen LogP contribution is 2.23. The van der Waals surface area contributed by atoms with Gasteiger partial charge in [-0.3, -0.25) is 14.6 Å². The van der Waals surface area contributed by atoms with Gasteiger partial charge in [0, 0.05) is 63.8 Å². The standard InChI is InChI=1S/C21H24N4O2/c26-20-13-18(16-25(20)15-17-5-4-8-22-14-17)21(27)24-11-9-23(10-12-24)19-6-2-1-3-7-19/h1-8,14,18H,9-13,15-16H2. The van der Waals surface area contributed by atoms with Crippen molar-refractivity contribution >= 4 is 17.5 Å². The van der Waals surface area contributed by atoms with Crippen molar-refractivity contribution in [3.05, 3.63) is 60.4 Å². The van der Waals surface area contributed by atoms with Crippen LogP contribution in [0.1, 0.15) is 12.0 Å². The van der Waals surface area contributed by atoms with Crippen LogP contribution in [-0.2, 0) is 16.1 Å². The van der Waals surface area contributed by atoms with Crippen LogP contribution in [0.5, 0.6) is 0 Å². The SMILES string of the molecule is O=C1CC(C(=O)N2CCN(c3ccccc3)CC2)CN1Cc1cccnc1. The molecule has 0 spiro atoms. The van der Waals surface area contributed by atoms with Crippen LogP contribution in [0.15, 0.2) is 54.9 Å². The number of aromatic nitrogens is 1. The zero-order valence-corrected chi connectivity index (χ0v) is 15.3. The molecule has 0 radical (unpaired) electrons. The smallest absolute Gasteiger partial charge is 0.228 e. The van der Waals surface area contributed by atoms with Crippen molar-refractivity contribution in [3.8, 4) is 0 Å². The van der Waals surface area contributed by atoms with E-state index in [1.807, 2.05) is 35.2 Å². The van der Waals surface area contributed by atoms with Gasteiger partial charge in [-0.1, -0.05) is 24.3 Å². The molecule has 0 N–H and O–H groups in total. The van der Waals surface area contributed by atoms with Crippen molar-refractivity contribution in [2.45, 2.75) is 13.0 Å². The number of likely N-dealkylation sites (tertiary alicyclic amines) is 1. The highest BCUT2D eigenvalue weighted by Gasteiger charge is 2.37. The second kappa shape index (κ2) is 7.78. The van der Waals surface area contributed by atoms with Crippen LogP contribution in [0.4, 0.5) is 5.69 Å². The Morgan fingerprint density at radius 3 is 2.52 bits per heavy atom. The summed E-state index contributed by atoms with van der Waals surface area (Å²) in [6.07, 6.45) is 3.81. The zero-order valence-electron chi connectivity index (χ0n) is 15.3. The van der Waals surface area contributed by atoms with Crippen LogP contribution >= 0.6 is 0 Å². The fraction of sp³-hybridized carbons (Fsp3) is 0.381. The monoisotopic (exact) mass is 364 g/mol. The average molecular weight is 364 g/mol. The van der Waals surface area contributed by atoms with Gasteiger partial charge in [-0.25, -0.2) is 0 Å². The molecule has 140 valence electrons. The van der Waals surface area contributed by atoms with E-state index in [2.05, 4.69) is 22.0 Å². The van der Waals surface area contributed by atoms with Crippen molar-refractivity contribution < 1.29 is 9.59 Å². The molecule has 1 unspecified atom stereocenters. The molecule has 27 heavy (non-hydrogen) atoms. The van der Waals surface area contributed by atoms with Crippen LogP contribution < -0.4 is 4.90 Å². The summed E-state index contributed by atoms with van der Waals surface area (Å²) < 4.78 is 0. The third-order valence-electron chi connectivity index (χ3n) is 5.37. The van der Waals surface area contributed by atoms with Crippen LogP contribution in [0.3, 0.4) is 0 Å². The summed E-state index contributed by atoms with van der Waals surface area (Å²) in [6.45, 7) is 4.11. The van der Waals surface area contributed by atoms with Gasteiger partial charge in [0.2, 0.25) is 11.8 Å². The Labute approximate surface area is 159 Å². The van der Waals surface area contributed by atoms with Gasteiger partial charge in [-0.15, -0.1) is 0 Å². The number of hydrogen-bond donors (Lipinski definition) is 0. The molecule has 6 heteroatoms. The number of pyridine rings is 1. The van der Waals surface area contributed by atoms with Crippen molar-refractivity contribution in [3.63, 3.8) is 0 Å². The first-order valence-electron chi connectivity index (χ1n) is 9.46. The number of rotatable bonds is 4. The number of hydrogen-bond acceptors (Lipinski definition) is 4. The Balaban J connectivity index is 1.32. The van der Waals surface area contributed by atoms with E-state index in [4.69, 9.17) is 0 Å². The molecule has 0 aliphatic carbocycles. The van der Waals surface area contributed by atoms with Crippen LogP contribution in [0.25, 0.3) is 0 Å². The van der Waals surface area contributed by atoms with Crippen molar-refractivity contribution in [1.82, 2.24) is 14.8 Å². The molecule has 2 amide bonds. The predicted octanol–water partition coefficient (Wildman–Crippen LogP) is 1.78. The molecule has 2 saturated heterocycles. The van der Waals surface area contributed by atoms with E-state index >= 15 is 0 Å². The third-order valence-corrected chi connectivity index (χ3v) is 5.37. The third kappa shape index (κ3) is 3.94. The number of amides is 2. The van der Waals surface area contributed by atoms with E-state index in [9.17, 15) is 9.59 Å². The maximum Gasteiger partial charge on any atom is 0.228 e. The molecule has 1 aromatic carbocycles. The Morgan fingerprint density at radius 2 is 1.81 bits per heavy atom.